The first-order valence-corrected chi connectivity index (χ1v) is 5.40. The normalized spacial score (nSPS) is 9.62. The Labute approximate surface area is 86.4 Å². The van der Waals surface area contributed by atoms with E-state index in [0.717, 1.165) is 19.3 Å². The molecule has 4 nitrogen and oxygen atoms in total. The van der Waals surface area contributed by atoms with Gasteiger partial charge in [-0.3, -0.25) is 9.59 Å². The van der Waals surface area contributed by atoms with E-state index < -0.39 is 0 Å². The summed E-state index contributed by atoms with van der Waals surface area (Å²) in [7, 11) is 0. The summed E-state index contributed by atoms with van der Waals surface area (Å²) in [5.74, 6) is -0.264. The third kappa shape index (κ3) is 9.33. The van der Waals surface area contributed by atoms with Crippen LogP contribution in [0.15, 0.2) is 0 Å². The molecule has 76 valence electrons. The number of carbonyl (C=O) groups is 2. The molecular weight excluding hydrogens is 236 g/mol. The average molecular weight is 251 g/mol. The molecule has 5 heteroatoms. The van der Waals surface area contributed by atoms with E-state index in [2.05, 4.69) is 21.2 Å². The molecule has 0 rings (SSSR count). The third-order valence-electron chi connectivity index (χ3n) is 1.54. The minimum atomic E-state index is -0.260. The summed E-state index contributed by atoms with van der Waals surface area (Å²) in [5, 5.41) is 3.06. The lowest BCUT2D eigenvalue weighted by molar-refractivity contribution is -0.119. The van der Waals surface area contributed by atoms with Gasteiger partial charge in [0.15, 0.2) is 0 Å². The number of primary amides is 1. The van der Waals surface area contributed by atoms with Gasteiger partial charge in [-0.1, -0.05) is 22.4 Å². The van der Waals surface area contributed by atoms with Gasteiger partial charge < -0.3 is 11.1 Å². The van der Waals surface area contributed by atoms with Gasteiger partial charge in [0.25, 0.3) is 0 Å². The minimum absolute atomic E-state index is 0.00472. The summed E-state index contributed by atoms with van der Waals surface area (Å²) in [6.07, 6.45) is 3.06. The molecule has 0 aromatic rings. The van der Waals surface area contributed by atoms with Crippen LogP contribution in [0.4, 0.5) is 0 Å². The molecule has 0 aliphatic heterocycles. The Kier molecular flexibility index (Phi) is 7.68. The monoisotopic (exact) mass is 250 g/mol. The molecule has 2 amide bonds. The van der Waals surface area contributed by atoms with Gasteiger partial charge in [0.1, 0.15) is 0 Å². The molecule has 0 radical (unpaired) electrons. The van der Waals surface area contributed by atoms with E-state index in [9.17, 15) is 9.59 Å². The topological polar surface area (TPSA) is 72.2 Å². The van der Waals surface area contributed by atoms with Crippen molar-refractivity contribution in [2.75, 3.05) is 11.9 Å². The van der Waals surface area contributed by atoms with Crippen LogP contribution < -0.4 is 11.1 Å². The van der Waals surface area contributed by atoms with E-state index in [1.165, 1.54) is 0 Å². The van der Waals surface area contributed by atoms with Gasteiger partial charge in [-0.05, 0) is 12.8 Å². The molecule has 0 saturated heterocycles. The zero-order valence-corrected chi connectivity index (χ0v) is 9.10. The predicted molar refractivity (Wildman–Crippen MR) is 54.5 cm³/mol. The molecule has 0 aromatic carbocycles. The molecule has 0 aliphatic rings. The Morgan fingerprint density at radius 1 is 1.23 bits per heavy atom. The molecule has 0 aromatic heterocycles. The minimum Gasteiger partial charge on any atom is -0.370 e. The van der Waals surface area contributed by atoms with E-state index in [1.54, 1.807) is 0 Å². The zero-order valence-electron chi connectivity index (χ0n) is 7.51. The van der Waals surface area contributed by atoms with Crippen LogP contribution in [0.3, 0.4) is 0 Å². The lowest BCUT2D eigenvalue weighted by Crippen LogP contribution is -2.25. The maximum absolute atomic E-state index is 10.7. The van der Waals surface area contributed by atoms with Gasteiger partial charge in [0, 0.05) is 13.0 Å². The number of halogens is 1. The predicted octanol–water partition coefficient (Wildman–Crippen LogP) is 0.543. The van der Waals surface area contributed by atoms with Gasteiger partial charge >= 0.3 is 0 Å². The van der Waals surface area contributed by atoms with E-state index in [-0.39, 0.29) is 11.8 Å². The number of carbonyl (C=O) groups excluding carboxylic acids is 2. The highest BCUT2D eigenvalue weighted by Crippen LogP contribution is 1.97. The highest BCUT2D eigenvalue weighted by Gasteiger charge is 1.97. The van der Waals surface area contributed by atoms with Crippen LogP contribution in [0.5, 0.6) is 0 Å². The first-order chi connectivity index (χ1) is 6.16. The number of nitrogens with two attached hydrogens (primary N) is 1. The lowest BCUT2D eigenvalue weighted by atomic mass is 10.2. The standard InChI is InChI=1S/C8H15BrN2O2/c9-6-8(13)11-5-3-1-2-4-7(10)12/h1-6H2,(H2,10,12)(H,11,13). The molecular formula is C8H15BrN2O2. The van der Waals surface area contributed by atoms with Gasteiger partial charge in [-0.25, -0.2) is 0 Å². The summed E-state index contributed by atoms with van der Waals surface area (Å²) in [4.78, 5) is 21.1. The van der Waals surface area contributed by atoms with E-state index in [4.69, 9.17) is 5.73 Å². The zero-order chi connectivity index (χ0) is 10.1. The molecule has 13 heavy (non-hydrogen) atoms. The SMILES string of the molecule is NC(=O)CCCCCNC(=O)CBr. The molecule has 0 aliphatic carbocycles. The van der Waals surface area contributed by atoms with Crippen molar-refractivity contribution in [3.05, 3.63) is 0 Å². The van der Waals surface area contributed by atoms with Crippen LogP contribution in [-0.2, 0) is 9.59 Å². The number of alkyl halides is 1. The highest BCUT2D eigenvalue weighted by atomic mass is 79.9. The Morgan fingerprint density at radius 3 is 2.46 bits per heavy atom. The Bertz CT molecular complexity index is 174. The van der Waals surface area contributed by atoms with Crippen molar-refractivity contribution in [3.8, 4) is 0 Å². The first-order valence-electron chi connectivity index (χ1n) is 4.27. The fraction of sp³-hybridized carbons (Fsp3) is 0.750. The first kappa shape index (κ1) is 12.4. The molecule has 0 spiro atoms. The van der Waals surface area contributed by atoms with Crippen molar-refractivity contribution < 1.29 is 9.59 Å². The Balaban J connectivity index is 3.08. The Hall–Kier alpha value is -0.580. The van der Waals surface area contributed by atoms with Crippen LogP contribution in [0.25, 0.3) is 0 Å². The van der Waals surface area contributed by atoms with Gasteiger partial charge in [-0.2, -0.15) is 0 Å². The molecule has 0 bridgehead atoms. The van der Waals surface area contributed by atoms with Crippen LogP contribution in [0, 0.1) is 0 Å². The number of amides is 2. The molecule has 0 saturated carbocycles. The van der Waals surface area contributed by atoms with Crippen molar-refractivity contribution in [1.82, 2.24) is 5.32 Å². The lowest BCUT2D eigenvalue weighted by Gasteiger charge is -2.01. The molecule has 0 atom stereocenters. The smallest absolute Gasteiger partial charge is 0.230 e. The summed E-state index contributed by atoms with van der Waals surface area (Å²) in [6.45, 7) is 0.670. The van der Waals surface area contributed by atoms with Crippen molar-refractivity contribution in [3.63, 3.8) is 0 Å². The second-order valence-electron chi connectivity index (χ2n) is 2.76. The average Bonchev–Trinajstić information content (AvgIpc) is 2.10. The number of unbranched alkanes of at least 4 members (excludes halogenated alkanes) is 2. The molecule has 0 heterocycles. The number of rotatable bonds is 7. The molecule has 0 fully saturated rings. The highest BCUT2D eigenvalue weighted by molar-refractivity contribution is 9.09. The Morgan fingerprint density at radius 2 is 1.92 bits per heavy atom. The van der Waals surface area contributed by atoms with Gasteiger partial charge in [0.05, 0.1) is 5.33 Å². The summed E-state index contributed by atoms with van der Waals surface area (Å²) in [6, 6.07) is 0. The largest absolute Gasteiger partial charge is 0.370 e. The second-order valence-corrected chi connectivity index (χ2v) is 3.32. The number of nitrogens with one attached hydrogen (secondary N) is 1. The second kappa shape index (κ2) is 8.04. The maximum atomic E-state index is 10.7. The molecule has 0 unspecified atom stereocenters. The number of hydrogen-bond acceptors (Lipinski definition) is 2. The summed E-state index contributed by atoms with van der Waals surface area (Å²) < 4.78 is 0. The van der Waals surface area contributed by atoms with Crippen LogP contribution in [0.1, 0.15) is 25.7 Å². The van der Waals surface area contributed by atoms with Crippen LogP contribution >= 0.6 is 15.9 Å². The molecule has 3 N–H and O–H groups in total. The fourth-order valence-electron chi connectivity index (χ4n) is 0.876. The quantitative estimate of drug-likeness (QED) is 0.512. The van der Waals surface area contributed by atoms with E-state index in [0.29, 0.717) is 18.3 Å². The third-order valence-corrected chi connectivity index (χ3v) is 2.05. The van der Waals surface area contributed by atoms with Crippen molar-refractivity contribution in [1.29, 1.82) is 0 Å². The van der Waals surface area contributed by atoms with E-state index >= 15 is 0 Å². The van der Waals surface area contributed by atoms with E-state index in [1.807, 2.05) is 0 Å². The van der Waals surface area contributed by atoms with Crippen LogP contribution in [-0.4, -0.2) is 23.7 Å². The van der Waals surface area contributed by atoms with Crippen molar-refractivity contribution in [2.24, 2.45) is 5.73 Å². The van der Waals surface area contributed by atoms with Crippen molar-refractivity contribution >= 4 is 27.7 Å². The summed E-state index contributed by atoms with van der Waals surface area (Å²) >= 11 is 3.04. The fourth-order valence-corrected chi connectivity index (χ4v) is 1.07. The van der Waals surface area contributed by atoms with Crippen molar-refractivity contribution in [2.45, 2.75) is 25.7 Å². The van der Waals surface area contributed by atoms with Gasteiger partial charge in [0.2, 0.25) is 11.8 Å². The number of hydrogen-bond donors (Lipinski definition) is 2. The maximum Gasteiger partial charge on any atom is 0.230 e. The van der Waals surface area contributed by atoms with Gasteiger partial charge in [-0.15, -0.1) is 0 Å². The summed E-state index contributed by atoms with van der Waals surface area (Å²) in [5.41, 5.74) is 4.96. The van der Waals surface area contributed by atoms with Crippen LogP contribution in [0.2, 0.25) is 0 Å².